The van der Waals surface area contributed by atoms with Crippen LogP contribution in [-0.2, 0) is 0 Å². The lowest BCUT2D eigenvalue weighted by atomic mass is 9.85. The molecule has 0 aromatic heterocycles. The van der Waals surface area contributed by atoms with Crippen molar-refractivity contribution in [2.24, 2.45) is 5.41 Å². The summed E-state index contributed by atoms with van der Waals surface area (Å²) in [5, 5.41) is 0.659. The molecule has 1 aliphatic rings. The number of anilines is 1. The van der Waals surface area contributed by atoms with Crippen LogP contribution in [0.5, 0.6) is 0 Å². The van der Waals surface area contributed by atoms with E-state index < -0.39 is 0 Å². The van der Waals surface area contributed by atoms with Gasteiger partial charge in [-0.05, 0) is 36.8 Å². The highest BCUT2D eigenvalue weighted by Crippen LogP contribution is 2.32. The molecule has 0 unspecified atom stereocenters. The molecule has 1 aromatic carbocycles. The molecule has 1 aromatic rings. The molecule has 0 radical (unpaired) electrons. The molecule has 0 aliphatic carbocycles. The summed E-state index contributed by atoms with van der Waals surface area (Å²) in [6, 6.07) is 3.20. The monoisotopic (exact) mass is 314 g/mol. The lowest BCUT2D eigenvalue weighted by molar-refractivity contribution is 0.0757. The van der Waals surface area contributed by atoms with Crippen molar-refractivity contribution < 1.29 is 4.79 Å². The number of nitrogen functional groups attached to an aromatic ring is 1. The summed E-state index contributed by atoms with van der Waals surface area (Å²) >= 11 is 12.0. The van der Waals surface area contributed by atoms with Crippen molar-refractivity contribution in [3.63, 3.8) is 0 Å². The van der Waals surface area contributed by atoms with Crippen LogP contribution in [-0.4, -0.2) is 23.9 Å². The number of benzene rings is 1. The van der Waals surface area contributed by atoms with E-state index in [2.05, 4.69) is 13.8 Å². The van der Waals surface area contributed by atoms with Crippen LogP contribution in [0.3, 0.4) is 0 Å². The molecular weight excluding hydrogens is 295 g/mol. The van der Waals surface area contributed by atoms with Gasteiger partial charge in [-0.15, -0.1) is 0 Å². The third kappa shape index (κ3) is 3.39. The van der Waals surface area contributed by atoms with Crippen LogP contribution < -0.4 is 5.73 Å². The van der Waals surface area contributed by atoms with Crippen molar-refractivity contribution in [3.05, 3.63) is 27.7 Å². The number of rotatable bonds is 1. The summed E-state index contributed by atoms with van der Waals surface area (Å²) in [7, 11) is 0. The molecule has 5 heteroatoms. The summed E-state index contributed by atoms with van der Waals surface area (Å²) in [5.41, 5.74) is 6.83. The quantitative estimate of drug-likeness (QED) is 0.788. The van der Waals surface area contributed by atoms with Gasteiger partial charge in [-0.2, -0.15) is 0 Å². The van der Waals surface area contributed by atoms with Crippen LogP contribution in [0.25, 0.3) is 0 Å². The van der Waals surface area contributed by atoms with Crippen molar-refractivity contribution in [2.45, 2.75) is 33.1 Å². The van der Waals surface area contributed by atoms with Crippen LogP contribution in [0.2, 0.25) is 10.0 Å². The second-order valence-corrected chi connectivity index (χ2v) is 6.98. The SMILES string of the molecule is CC1(C)CCCN(C(=O)c2cc(Cl)c(N)c(Cl)c2)CC1. The van der Waals surface area contributed by atoms with Gasteiger partial charge in [-0.3, -0.25) is 4.79 Å². The highest BCUT2D eigenvalue weighted by atomic mass is 35.5. The first-order chi connectivity index (χ1) is 9.30. The molecular formula is C15H20Cl2N2O. The molecule has 1 aliphatic heterocycles. The van der Waals surface area contributed by atoms with Crippen molar-refractivity contribution in [3.8, 4) is 0 Å². The van der Waals surface area contributed by atoms with E-state index in [0.29, 0.717) is 26.7 Å². The Morgan fingerprint density at radius 2 is 1.80 bits per heavy atom. The minimum atomic E-state index is -0.0218. The van der Waals surface area contributed by atoms with Gasteiger partial charge in [-0.1, -0.05) is 37.0 Å². The number of carbonyl (C=O) groups is 1. The fourth-order valence-corrected chi connectivity index (χ4v) is 3.00. The number of hydrogen-bond acceptors (Lipinski definition) is 2. The minimum absolute atomic E-state index is 0.0218. The van der Waals surface area contributed by atoms with Gasteiger partial charge >= 0.3 is 0 Å². The van der Waals surface area contributed by atoms with Gasteiger partial charge in [0.15, 0.2) is 0 Å². The molecule has 0 bridgehead atoms. The summed E-state index contributed by atoms with van der Waals surface area (Å²) in [6.07, 6.45) is 3.17. The van der Waals surface area contributed by atoms with Crippen molar-refractivity contribution >= 4 is 34.8 Å². The summed E-state index contributed by atoms with van der Waals surface area (Å²) in [4.78, 5) is 14.4. The Morgan fingerprint density at radius 1 is 1.20 bits per heavy atom. The third-order valence-corrected chi connectivity index (χ3v) is 4.58. The first-order valence-corrected chi connectivity index (χ1v) is 7.59. The van der Waals surface area contributed by atoms with Gasteiger partial charge in [0.25, 0.3) is 5.91 Å². The molecule has 2 N–H and O–H groups in total. The second-order valence-electron chi connectivity index (χ2n) is 6.16. The van der Waals surface area contributed by atoms with E-state index in [4.69, 9.17) is 28.9 Å². The molecule has 1 amide bonds. The standard InChI is InChI=1S/C15H20Cl2N2O/c1-15(2)4-3-6-19(7-5-15)14(20)10-8-11(16)13(18)12(17)9-10/h8-9H,3-7,18H2,1-2H3. The van der Waals surface area contributed by atoms with E-state index in [1.807, 2.05) is 4.90 Å². The molecule has 0 atom stereocenters. The van der Waals surface area contributed by atoms with Gasteiger partial charge in [0.05, 0.1) is 15.7 Å². The number of nitrogens with zero attached hydrogens (tertiary/aromatic N) is 1. The number of hydrogen-bond donors (Lipinski definition) is 1. The topological polar surface area (TPSA) is 46.3 Å². The smallest absolute Gasteiger partial charge is 0.253 e. The number of amides is 1. The summed E-state index contributed by atoms with van der Waals surface area (Å²) in [5.74, 6) is -0.0218. The van der Waals surface area contributed by atoms with Crippen LogP contribution in [0.1, 0.15) is 43.5 Å². The highest BCUT2D eigenvalue weighted by molar-refractivity contribution is 6.39. The fourth-order valence-electron chi connectivity index (χ4n) is 2.52. The van der Waals surface area contributed by atoms with Crippen LogP contribution >= 0.6 is 23.2 Å². The molecule has 0 saturated carbocycles. The van der Waals surface area contributed by atoms with Crippen molar-refractivity contribution in [2.75, 3.05) is 18.8 Å². The average molecular weight is 315 g/mol. The minimum Gasteiger partial charge on any atom is -0.396 e. The first-order valence-electron chi connectivity index (χ1n) is 6.84. The predicted octanol–water partition coefficient (Wildman–Crippen LogP) is 4.23. The molecule has 20 heavy (non-hydrogen) atoms. The van der Waals surface area contributed by atoms with Gasteiger partial charge < -0.3 is 10.6 Å². The number of halogens is 2. The van der Waals surface area contributed by atoms with E-state index in [0.717, 1.165) is 32.4 Å². The largest absolute Gasteiger partial charge is 0.396 e. The Bertz CT molecular complexity index is 506. The molecule has 0 spiro atoms. The maximum atomic E-state index is 12.5. The van der Waals surface area contributed by atoms with E-state index in [1.165, 1.54) is 0 Å². The predicted molar refractivity (Wildman–Crippen MR) is 84.4 cm³/mol. The number of likely N-dealkylation sites (tertiary alicyclic amines) is 1. The zero-order chi connectivity index (χ0) is 14.9. The fraction of sp³-hybridized carbons (Fsp3) is 0.533. The zero-order valence-electron chi connectivity index (χ0n) is 11.9. The van der Waals surface area contributed by atoms with E-state index in [9.17, 15) is 4.79 Å². The number of nitrogens with two attached hydrogens (primary N) is 1. The molecule has 1 heterocycles. The van der Waals surface area contributed by atoms with E-state index >= 15 is 0 Å². The lowest BCUT2D eigenvalue weighted by Gasteiger charge is -2.23. The van der Waals surface area contributed by atoms with Gasteiger partial charge in [0, 0.05) is 18.7 Å². The second kappa shape index (κ2) is 5.82. The van der Waals surface area contributed by atoms with Crippen LogP contribution in [0.15, 0.2) is 12.1 Å². The van der Waals surface area contributed by atoms with Gasteiger partial charge in [0.2, 0.25) is 0 Å². The molecule has 3 nitrogen and oxygen atoms in total. The highest BCUT2D eigenvalue weighted by Gasteiger charge is 2.26. The molecule has 1 saturated heterocycles. The normalized spacial score (nSPS) is 18.7. The Hall–Kier alpha value is -0.930. The Labute approximate surface area is 130 Å². The molecule has 2 rings (SSSR count). The Balaban J connectivity index is 2.19. The van der Waals surface area contributed by atoms with Crippen LogP contribution in [0, 0.1) is 5.41 Å². The Morgan fingerprint density at radius 3 is 2.40 bits per heavy atom. The lowest BCUT2D eigenvalue weighted by Crippen LogP contribution is -2.32. The van der Waals surface area contributed by atoms with Crippen LogP contribution in [0.4, 0.5) is 5.69 Å². The number of carbonyl (C=O) groups excluding carboxylic acids is 1. The van der Waals surface area contributed by atoms with E-state index in [-0.39, 0.29) is 5.91 Å². The van der Waals surface area contributed by atoms with E-state index in [1.54, 1.807) is 12.1 Å². The average Bonchev–Trinajstić information content (AvgIpc) is 2.55. The molecule has 1 fully saturated rings. The summed E-state index contributed by atoms with van der Waals surface area (Å²) in [6.45, 7) is 6.04. The summed E-state index contributed by atoms with van der Waals surface area (Å²) < 4.78 is 0. The maximum absolute atomic E-state index is 12.5. The maximum Gasteiger partial charge on any atom is 0.253 e. The van der Waals surface area contributed by atoms with Crippen molar-refractivity contribution in [1.82, 2.24) is 4.90 Å². The Kier molecular flexibility index (Phi) is 4.50. The zero-order valence-corrected chi connectivity index (χ0v) is 13.4. The van der Waals surface area contributed by atoms with Gasteiger partial charge in [0.1, 0.15) is 0 Å². The third-order valence-electron chi connectivity index (χ3n) is 3.95. The first kappa shape index (κ1) is 15.5. The molecule has 110 valence electrons. The van der Waals surface area contributed by atoms with Crippen molar-refractivity contribution in [1.29, 1.82) is 0 Å². The van der Waals surface area contributed by atoms with Gasteiger partial charge in [-0.25, -0.2) is 0 Å².